The number of anilines is 1. The lowest BCUT2D eigenvalue weighted by molar-refractivity contribution is 0.414. The summed E-state index contributed by atoms with van der Waals surface area (Å²) in [6.45, 7) is 0.559. The highest BCUT2D eigenvalue weighted by atomic mass is 16.5. The lowest BCUT2D eigenvalue weighted by atomic mass is 10.2. The summed E-state index contributed by atoms with van der Waals surface area (Å²) in [4.78, 5) is 14.8. The van der Waals surface area contributed by atoms with E-state index in [4.69, 9.17) is 25.4 Å². The molecule has 162 valence electrons. The predicted octanol–water partition coefficient (Wildman–Crippen LogP) is 4.78. The zero-order valence-electron chi connectivity index (χ0n) is 18.4. The molecule has 0 aliphatic heterocycles. The number of hydrogen-bond donors (Lipinski definition) is 1. The molecule has 33 heavy (non-hydrogen) atoms. The molecule has 7 heteroatoms. The van der Waals surface area contributed by atoms with Gasteiger partial charge in [0.25, 0.3) is 0 Å². The third-order valence-electron chi connectivity index (χ3n) is 6.10. The first-order chi connectivity index (χ1) is 16.1. The fourth-order valence-corrected chi connectivity index (χ4v) is 4.38. The molecule has 3 aromatic heterocycles. The van der Waals surface area contributed by atoms with E-state index in [1.165, 1.54) is 0 Å². The molecule has 6 aromatic rings. The molecular weight excluding hydrogens is 412 g/mol. The number of hydrogen-bond acceptors (Lipinski definition) is 5. The maximum Gasteiger partial charge on any atom is 0.162 e. The average Bonchev–Trinajstić information content (AvgIpc) is 3.31. The molecule has 0 aliphatic carbocycles. The van der Waals surface area contributed by atoms with Crippen LogP contribution in [0.25, 0.3) is 44.6 Å². The SMILES string of the molecule is COc1ccc(Cn2c(N)c(-c3nc4ccccc4n3C)c3nc4ccccc4nc32)cc1. The number of benzene rings is 3. The van der Waals surface area contributed by atoms with Crippen molar-refractivity contribution in [3.05, 3.63) is 78.4 Å². The van der Waals surface area contributed by atoms with Gasteiger partial charge in [-0.05, 0) is 42.0 Å². The van der Waals surface area contributed by atoms with E-state index in [1.807, 2.05) is 78.3 Å². The van der Waals surface area contributed by atoms with Crippen molar-refractivity contribution in [2.75, 3.05) is 12.8 Å². The second kappa shape index (κ2) is 7.34. The van der Waals surface area contributed by atoms with E-state index in [-0.39, 0.29) is 0 Å². The number of nitrogens with two attached hydrogens (primary N) is 1. The van der Waals surface area contributed by atoms with E-state index < -0.39 is 0 Å². The summed E-state index contributed by atoms with van der Waals surface area (Å²) in [6, 6.07) is 23.9. The molecule has 0 saturated carbocycles. The topological polar surface area (TPSA) is 83.8 Å². The summed E-state index contributed by atoms with van der Waals surface area (Å²) in [6.07, 6.45) is 0. The zero-order valence-corrected chi connectivity index (χ0v) is 18.4. The number of fused-ring (bicyclic) bond motifs is 3. The number of nitrogen functional groups attached to an aromatic ring is 1. The smallest absolute Gasteiger partial charge is 0.162 e. The standard InChI is InChI=1S/C26H22N6O/c1-31-21-10-6-5-9-20(21)30-25(31)22-23-26(29-19-8-4-3-7-18(19)28-23)32(24(22)27)15-16-11-13-17(33-2)14-12-16/h3-14H,15,27H2,1-2H3. The summed E-state index contributed by atoms with van der Waals surface area (Å²) in [7, 11) is 3.67. The first-order valence-corrected chi connectivity index (χ1v) is 10.7. The van der Waals surface area contributed by atoms with Crippen LogP contribution in [0.15, 0.2) is 72.8 Å². The minimum Gasteiger partial charge on any atom is -0.497 e. The van der Waals surface area contributed by atoms with Crippen LogP contribution in [-0.4, -0.2) is 31.2 Å². The third-order valence-corrected chi connectivity index (χ3v) is 6.10. The minimum atomic E-state index is 0.559. The highest BCUT2D eigenvalue weighted by Gasteiger charge is 2.24. The second-order valence-corrected chi connectivity index (χ2v) is 8.06. The highest BCUT2D eigenvalue weighted by molar-refractivity contribution is 6.01. The van der Waals surface area contributed by atoms with Crippen molar-refractivity contribution in [2.24, 2.45) is 7.05 Å². The Morgan fingerprint density at radius 1 is 0.818 bits per heavy atom. The molecule has 2 N–H and O–H groups in total. The van der Waals surface area contributed by atoms with Crippen LogP contribution in [-0.2, 0) is 13.6 Å². The van der Waals surface area contributed by atoms with Gasteiger partial charge >= 0.3 is 0 Å². The molecular formula is C26H22N6O. The number of rotatable bonds is 4. The van der Waals surface area contributed by atoms with E-state index in [0.29, 0.717) is 12.4 Å². The molecule has 0 radical (unpaired) electrons. The van der Waals surface area contributed by atoms with Crippen molar-refractivity contribution < 1.29 is 4.74 Å². The van der Waals surface area contributed by atoms with Crippen molar-refractivity contribution in [2.45, 2.75) is 6.54 Å². The maximum absolute atomic E-state index is 6.81. The number of para-hydroxylation sites is 4. The van der Waals surface area contributed by atoms with Crippen molar-refractivity contribution in [3.63, 3.8) is 0 Å². The molecule has 3 aromatic carbocycles. The fourth-order valence-electron chi connectivity index (χ4n) is 4.38. The van der Waals surface area contributed by atoms with Crippen molar-refractivity contribution in [1.29, 1.82) is 0 Å². The Kier molecular flexibility index (Phi) is 4.29. The summed E-state index contributed by atoms with van der Waals surface area (Å²) in [5.41, 5.74) is 13.8. The Morgan fingerprint density at radius 2 is 1.48 bits per heavy atom. The number of aryl methyl sites for hydroxylation is 1. The van der Waals surface area contributed by atoms with Gasteiger partial charge in [0.1, 0.15) is 22.9 Å². The van der Waals surface area contributed by atoms with E-state index in [1.54, 1.807) is 7.11 Å². The van der Waals surface area contributed by atoms with Crippen molar-refractivity contribution in [3.8, 4) is 17.1 Å². The first kappa shape index (κ1) is 19.3. The van der Waals surface area contributed by atoms with E-state index in [9.17, 15) is 0 Å². The van der Waals surface area contributed by atoms with E-state index >= 15 is 0 Å². The number of ether oxygens (including phenoxy) is 1. The summed E-state index contributed by atoms with van der Waals surface area (Å²) in [5, 5.41) is 0. The van der Waals surface area contributed by atoms with Gasteiger partial charge in [0, 0.05) is 7.05 Å². The van der Waals surface area contributed by atoms with Crippen LogP contribution in [0.5, 0.6) is 5.75 Å². The van der Waals surface area contributed by atoms with Gasteiger partial charge in [0.05, 0.1) is 41.3 Å². The highest BCUT2D eigenvalue weighted by Crippen LogP contribution is 2.37. The Bertz CT molecular complexity index is 1650. The first-order valence-electron chi connectivity index (χ1n) is 10.7. The predicted molar refractivity (Wildman–Crippen MR) is 131 cm³/mol. The van der Waals surface area contributed by atoms with Crippen LogP contribution in [0.4, 0.5) is 5.82 Å². The lowest BCUT2D eigenvalue weighted by Gasteiger charge is -2.09. The fraction of sp³-hybridized carbons (Fsp3) is 0.115. The maximum atomic E-state index is 6.81. The molecule has 0 saturated heterocycles. The molecule has 0 unspecified atom stereocenters. The van der Waals surface area contributed by atoms with Gasteiger partial charge < -0.3 is 19.6 Å². The van der Waals surface area contributed by atoms with Gasteiger partial charge in [0.2, 0.25) is 0 Å². The van der Waals surface area contributed by atoms with Crippen LogP contribution in [0.1, 0.15) is 5.56 Å². The van der Waals surface area contributed by atoms with E-state index in [2.05, 4.69) is 10.6 Å². The number of methoxy groups -OCH3 is 1. The quantitative estimate of drug-likeness (QED) is 0.432. The molecule has 3 heterocycles. The second-order valence-electron chi connectivity index (χ2n) is 8.06. The largest absolute Gasteiger partial charge is 0.497 e. The monoisotopic (exact) mass is 434 g/mol. The number of nitrogens with zero attached hydrogens (tertiary/aromatic N) is 5. The van der Waals surface area contributed by atoms with E-state index in [0.717, 1.165) is 55.9 Å². The molecule has 0 fully saturated rings. The Morgan fingerprint density at radius 3 is 2.18 bits per heavy atom. The lowest BCUT2D eigenvalue weighted by Crippen LogP contribution is -2.06. The molecule has 0 bridgehead atoms. The third kappa shape index (κ3) is 3.01. The van der Waals surface area contributed by atoms with Gasteiger partial charge in [-0.1, -0.05) is 36.4 Å². The Balaban J connectivity index is 1.63. The Labute approximate surface area is 190 Å². The summed E-state index contributed by atoms with van der Waals surface area (Å²) < 4.78 is 9.38. The average molecular weight is 435 g/mol. The molecule has 6 rings (SSSR count). The van der Waals surface area contributed by atoms with Crippen LogP contribution >= 0.6 is 0 Å². The van der Waals surface area contributed by atoms with Crippen LogP contribution in [0, 0.1) is 0 Å². The van der Waals surface area contributed by atoms with Gasteiger partial charge in [-0.3, -0.25) is 0 Å². The number of imidazole rings is 1. The van der Waals surface area contributed by atoms with Gasteiger partial charge in [0.15, 0.2) is 5.65 Å². The van der Waals surface area contributed by atoms with Crippen molar-refractivity contribution in [1.82, 2.24) is 24.1 Å². The summed E-state index contributed by atoms with van der Waals surface area (Å²) in [5.74, 6) is 2.18. The molecule has 0 spiro atoms. The van der Waals surface area contributed by atoms with Gasteiger partial charge in [-0.2, -0.15) is 0 Å². The van der Waals surface area contributed by atoms with Crippen molar-refractivity contribution >= 4 is 39.0 Å². The van der Waals surface area contributed by atoms with Gasteiger partial charge in [-0.15, -0.1) is 0 Å². The zero-order chi connectivity index (χ0) is 22.5. The molecule has 0 atom stereocenters. The Hall–Kier alpha value is -4.39. The molecule has 0 amide bonds. The van der Waals surface area contributed by atoms with Crippen LogP contribution < -0.4 is 10.5 Å². The molecule has 7 nitrogen and oxygen atoms in total. The van der Waals surface area contributed by atoms with Crippen LogP contribution in [0.2, 0.25) is 0 Å². The summed E-state index contributed by atoms with van der Waals surface area (Å²) >= 11 is 0. The minimum absolute atomic E-state index is 0.559. The van der Waals surface area contributed by atoms with Gasteiger partial charge in [-0.25, -0.2) is 15.0 Å². The van der Waals surface area contributed by atoms with Crippen LogP contribution in [0.3, 0.4) is 0 Å². The normalized spacial score (nSPS) is 11.6. The number of aromatic nitrogens is 5. The molecule has 0 aliphatic rings.